The number of amides is 1. The Balaban J connectivity index is 1.94. The van der Waals surface area contributed by atoms with Crippen molar-refractivity contribution in [3.8, 4) is 5.75 Å². The van der Waals surface area contributed by atoms with Gasteiger partial charge in [0.1, 0.15) is 5.75 Å². The van der Waals surface area contributed by atoms with Crippen LogP contribution in [0.25, 0.3) is 0 Å². The first kappa shape index (κ1) is 14.9. The van der Waals surface area contributed by atoms with Gasteiger partial charge in [0.15, 0.2) is 0 Å². The number of carbonyl (C=O) groups excluding carboxylic acids is 1. The zero-order chi connectivity index (χ0) is 14.4. The van der Waals surface area contributed by atoms with Crippen molar-refractivity contribution >= 4 is 11.6 Å². The number of carbonyl (C=O) groups is 1. The van der Waals surface area contributed by atoms with Gasteiger partial charge in [-0.1, -0.05) is 25.0 Å². The number of hydrogen-bond acceptors (Lipinski definition) is 3. The lowest BCUT2D eigenvalue weighted by Gasteiger charge is -2.28. The van der Waals surface area contributed by atoms with Gasteiger partial charge in [0.25, 0.3) is 0 Å². The van der Waals surface area contributed by atoms with Crippen molar-refractivity contribution in [1.82, 2.24) is 0 Å². The Hall–Kier alpha value is -1.55. The Morgan fingerprint density at radius 1 is 1.35 bits per heavy atom. The number of nitrogens with one attached hydrogen (secondary N) is 1. The van der Waals surface area contributed by atoms with E-state index in [2.05, 4.69) is 5.32 Å². The van der Waals surface area contributed by atoms with Gasteiger partial charge in [-0.05, 0) is 37.8 Å². The second-order valence-electron chi connectivity index (χ2n) is 5.39. The van der Waals surface area contributed by atoms with Gasteiger partial charge in [-0.3, -0.25) is 4.79 Å². The summed E-state index contributed by atoms with van der Waals surface area (Å²) in [4.78, 5) is 12.2. The third kappa shape index (κ3) is 3.97. The van der Waals surface area contributed by atoms with Gasteiger partial charge in [-0.15, -0.1) is 0 Å². The molecule has 1 aliphatic rings. The van der Waals surface area contributed by atoms with Gasteiger partial charge in [0, 0.05) is 12.5 Å². The SMILES string of the molecule is CCOc1ccccc1NC(=O)CC1CCCCC1N. The van der Waals surface area contributed by atoms with E-state index in [4.69, 9.17) is 10.5 Å². The minimum absolute atomic E-state index is 0.0273. The Morgan fingerprint density at radius 2 is 2.10 bits per heavy atom. The third-order valence-corrected chi connectivity index (χ3v) is 3.88. The maximum atomic E-state index is 12.2. The minimum Gasteiger partial charge on any atom is -0.492 e. The van der Waals surface area contributed by atoms with E-state index in [1.54, 1.807) is 0 Å². The fraction of sp³-hybridized carbons (Fsp3) is 0.562. The highest BCUT2D eigenvalue weighted by molar-refractivity contribution is 5.92. The molecule has 3 N–H and O–H groups in total. The summed E-state index contributed by atoms with van der Waals surface area (Å²) in [5.41, 5.74) is 6.83. The molecule has 1 amide bonds. The average Bonchev–Trinajstić information content (AvgIpc) is 2.44. The van der Waals surface area contributed by atoms with Crippen LogP contribution in [-0.4, -0.2) is 18.6 Å². The van der Waals surface area contributed by atoms with Crippen LogP contribution < -0.4 is 15.8 Å². The summed E-state index contributed by atoms with van der Waals surface area (Å²) in [7, 11) is 0. The van der Waals surface area contributed by atoms with E-state index >= 15 is 0 Å². The summed E-state index contributed by atoms with van der Waals surface area (Å²) in [6.07, 6.45) is 4.96. The highest BCUT2D eigenvalue weighted by Gasteiger charge is 2.24. The quantitative estimate of drug-likeness (QED) is 0.869. The molecule has 1 fully saturated rings. The Morgan fingerprint density at radius 3 is 2.85 bits per heavy atom. The molecule has 2 rings (SSSR count). The number of benzene rings is 1. The predicted octanol–water partition coefficient (Wildman–Crippen LogP) is 2.93. The van der Waals surface area contributed by atoms with E-state index in [-0.39, 0.29) is 11.9 Å². The molecule has 0 aromatic heterocycles. The molecule has 110 valence electrons. The Labute approximate surface area is 120 Å². The number of anilines is 1. The summed E-state index contributed by atoms with van der Waals surface area (Å²) in [6.45, 7) is 2.51. The molecule has 2 atom stereocenters. The van der Waals surface area contributed by atoms with Crippen molar-refractivity contribution in [2.75, 3.05) is 11.9 Å². The first-order valence-corrected chi connectivity index (χ1v) is 7.48. The molecule has 1 aromatic carbocycles. The van der Waals surface area contributed by atoms with E-state index in [9.17, 15) is 4.79 Å². The average molecular weight is 276 g/mol. The van der Waals surface area contributed by atoms with Crippen LogP contribution in [0.3, 0.4) is 0 Å². The standard InChI is InChI=1S/C16H24N2O2/c1-2-20-15-10-6-5-9-14(15)18-16(19)11-12-7-3-4-8-13(12)17/h5-6,9-10,12-13H,2-4,7-8,11,17H2,1H3,(H,18,19). The van der Waals surface area contributed by atoms with Gasteiger partial charge in [0.2, 0.25) is 5.91 Å². The van der Waals surface area contributed by atoms with Crippen LogP contribution in [0.5, 0.6) is 5.75 Å². The van der Waals surface area contributed by atoms with Crippen molar-refractivity contribution in [2.24, 2.45) is 11.7 Å². The lowest BCUT2D eigenvalue weighted by Crippen LogP contribution is -2.35. The largest absolute Gasteiger partial charge is 0.492 e. The highest BCUT2D eigenvalue weighted by atomic mass is 16.5. The van der Waals surface area contributed by atoms with Crippen LogP contribution in [0.1, 0.15) is 39.0 Å². The second-order valence-corrected chi connectivity index (χ2v) is 5.39. The molecule has 0 heterocycles. The minimum atomic E-state index is 0.0273. The molecule has 0 radical (unpaired) electrons. The summed E-state index contributed by atoms with van der Waals surface area (Å²) in [5.74, 6) is 1.05. The topological polar surface area (TPSA) is 64.3 Å². The molecule has 0 aliphatic heterocycles. The van der Waals surface area contributed by atoms with Gasteiger partial charge in [-0.2, -0.15) is 0 Å². The highest BCUT2D eigenvalue weighted by Crippen LogP contribution is 2.28. The van der Waals surface area contributed by atoms with Gasteiger partial charge in [-0.25, -0.2) is 0 Å². The molecule has 1 saturated carbocycles. The Kier molecular flexibility index (Phi) is 5.41. The van der Waals surface area contributed by atoms with Crippen molar-refractivity contribution < 1.29 is 9.53 Å². The zero-order valence-corrected chi connectivity index (χ0v) is 12.1. The molecule has 0 bridgehead atoms. The lowest BCUT2D eigenvalue weighted by molar-refractivity contribution is -0.117. The molecule has 0 saturated heterocycles. The normalized spacial score (nSPS) is 22.3. The molecular formula is C16H24N2O2. The van der Waals surface area contributed by atoms with Crippen molar-refractivity contribution in [3.63, 3.8) is 0 Å². The summed E-state index contributed by atoms with van der Waals surface area (Å²) < 4.78 is 5.51. The monoisotopic (exact) mass is 276 g/mol. The van der Waals surface area contributed by atoms with Crippen LogP contribution in [0.2, 0.25) is 0 Å². The summed E-state index contributed by atoms with van der Waals surface area (Å²) >= 11 is 0. The van der Waals surface area contributed by atoms with E-state index < -0.39 is 0 Å². The predicted molar refractivity (Wildman–Crippen MR) is 80.8 cm³/mol. The van der Waals surface area contributed by atoms with Crippen LogP contribution >= 0.6 is 0 Å². The van der Waals surface area contributed by atoms with E-state index in [0.717, 1.165) is 24.3 Å². The maximum absolute atomic E-state index is 12.2. The van der Waals surface area contributed by atoms with E-state index in [1.807, 2.05) is 31.2 Å². The first-order chi connectivity index (χ1) is 9.70. The molecular weight excluding hydrogens is 252 g/mol. The molecule has 2 unspecified atom stereocenters. The number of nitrogens with two attached hydrogens (primary N) is 1. The lowest BCUT2D eigenvalue weighted by atomic mass is 9.83. The number of rotatable bonds is 5. The smallest absolute Gasteiger partial charge is 0.224 e. The van der Waals surface area contributed by atoms with Crippen LogP contribution in [0, 0.1) is 5.92 Å². The molecule has 0 spiro atoms. The first-order valence-electron chi connectivity index (χ1n) is 7.48. The van der Waals surface area contributed by atoms with Crippen molar-refractivity contribution in [2.45, 2.75) is 45.1 Å². The van der Waals surface area contributed by atoms with Crippen LogP contribution in [0.15, 0.2) is 24.3 Å². The number of hydrogen-bond donors (Lipinski definition) is 2. The van der Waals surface area contributed by atoms with E-state index in [0.29, 0.717) is 18.9 Å². The second kappa shape index (κ2) is 7.29. The fourth-order valence-corrected chi connectivity index (χ4v) is 2.78. The maximum Gasteiger partial charge on any atom is 0.224 e. The molecule has 1 aromatic rings. The van der Waals surface area contributed by atoms with Crippen LogP contribution in [0.4, 0.5) is 5.69 Å². The molecule has 1 aliphatic carbocycles. The van der Waals surface area contributed by atoms with Crippen LogP contribution in [-0.2, 0) is 4.79 Å². The fourth-order valence-electron chi connectivity index (χ4n) is 2.78. The molecule has 4 heteroatoms. The van der Waals surface area contributed by atoms with Gasteiger partial charge >= 0.3 is 0 Å². The molecule has 20 heavy (non-hydrogen) atoms. The summed E-state index contributed by atoms with van der Waals surface area (Å²) in [5, 5.41) is 2.94. The number of para-hydroxylation sites is 2. The van der Waals surface area contributed by atoms with Gasteiger partial charge in [0.05, 0.1) is 12.3 Å². The number of ether oxygens (including phenoxy) is 1. The van der Waals surface area contributed by atoms with Crippen molar-refractivity contribution in [1.29, 1.82) is 0 Å². The Bertz CT molecular complexity index is 448. The third-order valence-electron chi connectivity index (χ3n) is 3.88. The summed E-state index contributed by atoms with van der Waals surface area (Å²) in [6, 6.07) is 7.69. The zero-order valence-electron chi connectivity index (χ0n) is 12.1. The molecule has 4 nitrogen and oxygen atoms in total. The van der Waals surface area contributed by atoms with Crippen molar-refractivity contribution in [3.05, 3.63) is 24.3 Å². The van der Waals surface area contributed by atoms with E-state index in [1.165, 1.54) is 12.8 Å². The van der Waals surface area contributed by atoms with Gasteiger partial charge < -0.3 is 15.8 Å².